The maximum atomic E-state index is 12.9. The molecule has 0 aliphatic heterocycles. The smallest absolute Gasteiger partial charge is 0.285 e. The summed E-state index contributed by atoms with van der Waals surface area (Å²) in [5.41, 5.74) is 1.40. The summed E-state index contributed by atoms with van der Waals surface area (Å²) in [6, 6.07) is 11.5. The van der Waals surface area contributed by atoms with Crippen molar-refractivity contribution >= 4 is 38.6 Å². The minimum atomic E-state index is -3.67. The number of nitrogens with one attached hydrogen (secondary N) is 1. The zero-order valence-corrected chi connectivity index (χ0v) is 19.4. The van der Waals surface area contributed by atoms with E-state index in [1.54, 1.807) is 71.3 Å². The molecule has 0 saturated heterocycles. The Hall–Kier alpha value is -2.36. The molecule has 0 fully saturated rings. The molecule has 2 amide bonds. The number of carbonyl (C=O) groups excluding carboxylic acids is 2. The van der Waals surface area contributed by atoms with Crippen LogP contribution in [0.5, 0.6) is 0 Å². The van der Waals surface area contributed by atoms with Crippen molar-refractivity contribution in [2.75, 3.05) is 32.5 Å². The third-order valence-electron chi connectivity index (χ3n) is 4.46. The number of aryl methyl sites for hydroxylation is 1. The summed E-state index contributed by atoms with van der Waals surface area (Å²) in [7, 11) is -0.309. The lowest BCUT2D eigenvalue weighted by Gasteiger charge is -2.20. The van der Waals surface area contributed by atoms with E-state index in [0.29, 0.717) is 24.3 Å². The van der Waals surface area contributed by atoms with Gasteiger partial charge in [-0.05, 0) is 60.6 Å². The molecule has 0 aliphatic carbocycles. The van der Waals surface area contributed by atoms with Gasteiger partial charge >= 0.3 is 0 Å². The van der Waals surface area contributed by atoms with Gasteiger partial charge in [0.25, 0.3) is 11.1 Å². The van der Waals surface area contributed by atoms with Gasteiger partial charge in [-0.1, -0.05) is 19.9 Å². The van der Waals surface area contributed by atoms with E-state index >= 15 is 0 Å². The summed E-state index contributed by atoms with van der Waals surface area (Å²) in [5.74, 6) is -0.407. The summed E-state index contributed by atoms with van der Waals surface area (Å²) in [6.45, 7) is 5.98. The van der Waals surface area contributed by atoms with Crippen LogP contribution in [0.3, 0.4) is 0 Å². The van der Waals surface area contributed by atoms with E-state index in [-0.39, 0.29) is 15.7 Å². The van der Waals surface area contributed by atoms with Crippen molar-refractivity contribution in [2.45, 2.75) is 30.6 Å². The molecular formula is C21H27N3O4S2. The number of amides is 2. The van der Waals surface area contributed by atoms with Crippen LogP contribution in [-0.4, -0.2) is 56.0 Å². The number of rotatable bonds is 7. The minimum Gasteiger partial charge on any atom is -0.339 e. The van der Waals surface area contributed by atoms with Gasteiger partial charge in [0, 0.05) is 43.3 Å². The van der Waals surface area contributed by atoms with Crippen molar-refractivity contribution in [3.05, 3.63) is 53.6 Å². The molecule has 0 heterocycles. The fourth-order valence-electron chi connectivity index (χ4n) is 2.72. The molecule has 0 saturated carbocycles. The zero-order chi connectivity index (χ0) is 22.5. The van der Waals surface area contributed by atoms with Crippen LogP contribution in [0.15, 0.2) is 52.3 Å². The first-order valence-electron chi connectivity index (χ1n) is 9.51. The Balaban J connectivity index is 2.21. The van der Waals surface area contributed by atoms with Crippen LogP contribution in [0.1, 0.15) is 29.8 Å². The molecule has 0 spiro atoms. The monoisotopic (exact) mass is 449 g/mol. The second-order valence-electron chi connectivity index (χ2n) is 6.81. The Morgan fingerprint density at radius 1 is 1.00 bits per heavy atom. The highest BCUT2D eigenvalue weighted by Gasteiger charge is 2.24. The Kier molecular flexibility index (Phi) is 8.05. The third-order valence-corrected chi connectivity index (χ3v) is 7.70. The predicted molar refractivity (Wildman–Crippen MR) is 121 cm³/mol. The lowest BCUT2D eigenvalue weighted by molar-refractivity contribution is 0.102. The van der Waals surface area contributed by atoms with Gasteiger partial charge in [-0.3, -0.25) is 9.59 Å². The van der Waals surface area contributed by atoms with Crippen LogP contribution in [-0.2, 0) is 10.0 Å². The zero-order valence-electron chi connectivity index (χ0n) is 17.8. The fraction of sp³-hybridized carbons (Fsp3) is 0.333. The Morgan fingerprint density at radius 3 is 2.13 bits per heavy atom. The molecule has 162 valence electrons. The number of nitrogens with zero attached hydrogens (tertiary/aromatic N) is 2. The first-order chi connectivity index (χ1) is 14.1. The standard InChI is InChI=1S/C21H27N3O4S2/c1-6-24(7-2)30(27,28)19-14-16(9-8-15(19)3)20(25)22-17-10-12-18(13-11-17)29-21(26)23(4)5/h8-14H,6-7H2,1-5H3,(H,22,25). The summed E-state index contributed by atoms with van der Waals surface area (Å²) in [6.07, 6.45) is 0. The molecule has 2 aromatic carbocycles. The average Bonchev–Trinajstić information content (AvgIpc) is 2.70. The summed E-state index contributed by atoms with van der Waals surface area (Å²) < 4.78 is 27.1. The number of thioether (sulfide) groups is 1. The van der Waals surface area contributed by atoms with E-state index in [1.807, 2.05) is 0 Å². The van der Waals surface area contributed by atoms with Gasteiger partial charge in [0.2, 0.25) is 10.0 Å². The molecule has 9 heteroatoms. The van der Waals surface area contributed by atoms with E-state index < -0.39 is 15.9 Å². The highest BCUT2D eigenvalue weighted by Crippen LogP contribution is 2.24. The first-order valence-corrected chi connectivity index (χ1v) is 11.8. The molecule has 2 rings (SSSR count). The quantitative estimate of drug-likeness (QED) is 0.645. The van der Waals surface area contributed by atoms with E-state index in [1.165, 1.54) is 15.3 Å². The van der Waals surface area contributed by atoms with E-state index in [0.717, 1.165) is 16.7 Å². The molecule has 30 heavy (non-hydrogen) atoms. The molecule has 0 unspecified atom stereocenters. The van der Waals surface area contributed by atoms with Crippen LogP contribution in [0.2, 0.25) is 0 Å². The topological polar surface area (TPSA) is 86.8 Å². The number of hydrogen-bond donors (Lipinski definition) is 1. The van der Waals surface area contributed by atoms with Crippen LogP contribution in [0.25, 0.3) is 0 Å². The summed E-state index contributed by atoms with van der Waals surface area (Å²) >= 11 is 1.09. The number of sulfonamides is 1. The molecule has 2 aromatic rings. The normalized spacial score (nSPS) is 11.4. The van der Waals surface area contributed by atoms with Crippen LogP contribution in [0.4, 0.5) is 10.5 Å². The Labute approximate surface area is 182 Å². The van der Waals surface area contributed by atoms with Crippen molar-refractivity contribution in [1.29, 1.82) is 0 Å². The maximum Gasteiger partial charge on any atom is 0.285 e. The molecule has 0 aliphatic rings. The van der Waals surface area contributed by atoms with Gasteiger partial charge in [-0.15, -0.1) is 0 Å². The van der Waals surface area contributed by atoms with Crippen molar-refractivity contribution in [3.63, 3.8) is 0 Å². The SMILES string of the molecule is CCN(CC)S(=O)(=O)c1cc(C(=O)Nc2ccc(SC(=O)N(C)C)cc2)ccc1C. The van der Waals surface area contributed by atoms with Gasteiger partial charge in [0.05, 0.1) is 4.90 Å². The highest BCUT2D eigenvalue weighted by molar-refractivity contribution is 8.13. The van der Waals surface area contributed by atoms with Crippen LogP contribution >= 0.6 is 11.8 Å². The Morgan fingerprint density at radius 2 is 1.60 bits per heavy atom. The Bertz CT molecular complexity index is 1020. The van der Waals surface area contributed by atoms with Crippen molar-refractivity contribution in [2.24, 2.45) is 0 Å². The molecular weight excluding hydrogens is 422 g/mol. The molecule has 0 bridgehead atoms. The largest absolute Gasteiger partial charge is 0.339 e. The van der Waals surface area contributed by atoms with Crippen molar-refractivity contribution < 1.29 is 18.0 Å². The minimum absolute atomic E-state index is 0.0895. The number of hydrogen-bond acceptors (Lipinski definition) is 5. The lowest BCUT2D eigenvalue weighted by Crippen LogP contribution is -2.31. The van der Waals surface area contributed by atoms with Gasteiger partial charge in [0.1, 0.15) is 0 Å². The molecule has 0 aromatic heterocycles. The summed E-state index contributed by atoms with van der Waals surface area (Å²) in [5, 5.41) is 2.68. The van der Waals surface area contributed by atoms with E-state index in [4.69, 9.17) is 0 Å². The number of anilines is 1. The number of carbonyl (C=O) groups is 2. The molecule has 0 atom stereocenters. The third kappa shape index (κ3) is 5.62. The first kappa shape index (κ1) is 23.9. The molecule has 7 nitrogen and oxygen atoms in total. The fourth-order valence-corrected chi connectivity index (χ4v) is 5.09. The van der Waals surface area contributed by atoms with Crippen molar-refractivity contribution in [3.8, 4) is 0 Å². The van der Waals surface area contributed by atoms with E-state index in [9.17, 15) is 18.0 Å². The van der Waals surface area contributed by atoms with Crippen molar-refractivity contribution in [1.82, 2.24) is 9.21 Å². The second kappa shape index (κ2) is 10.1. The molecule has 1 N–H and O–H groups in total. The highest BCUT2D eigenvalue weighted by atomic mass is 32.2. The number of benzene rings is 2. The summed E-state index contributed by atoms with van der Waals surface area (Å²) in [4.78, 5) is 26.8. The van der Waals surface area contributed by atoms with Crippen LogP contribution in [0, 0.1) is 6.92 Å². The van der Waals surface area contributed by atoms with E-state index in [2.05, 4.69) is 5.32 Å². The molecule has 0 radical (unpaired) electrons. The van der Waals surface area contributed by atoms with Gasteiger partial charge in [-0.25, -0.2) is 8.42 Å². The maximum absolute atomic E-state index is 12.9. The van der Waals surface area contributed by atoms with Gasteiger partial charge in [0.15, 0.2) is 0 Å². The predicted octanol–water partition coefficient (Wildman–Crippen LogP) is 4.05. The van der Waals surface area contributed by atoms with Crippen LogP contribution < -0.4 is 5.32 Å². The second-order valence-corrected chi connectivity index (χ2v) is 9.74. The average molecular weight is 450 g/mol. The van der Waals surface area contributed by atoms with Gasteiger partial charge < -0.3 is 10.2 Å². The lowest BCUT2D eigenvalue weighted by atomic mass is 10.1. The van der Waals surface area contributed by atoms with Gasteiger partial charge in [-0.2, -0.15) is 4.31 Å².